The molecule has 1 heterocycles. The number of hydrogen-bond donors (Lipinski definition) is 2. The Morgan fingerprint density at radius 2 is 2.07 bits per heavy atom. The van der Waals surface area contributed by atoms with Crippen molar-refractivity contribution in [3.63, 3.8) is 0 Å². The third kappa shape index (κ3) is 3.32. The van der Waals surface area contributed by atoms with E-state index in [4.69, 9.17) is 5.73 Å². The third-order valence-electron chi connectivity index (χ3n) is 2.34. The number of aromatic nitrogens is 1. The van der Waals surface area contributed by atoms with E-state index in [1.54, 1.807) is 24.5 Å². The molecule has 1 atom stereocenters. The number of hydrogen-bond acceptors (Lipinski definition) is 3. The number of nitrogens with two attached hydrogens (primary N) is 1. The largest absolute Gasteiger partial charge is 0.330 e. The van der Waals surface area contributed by atoms with Crippen LogP contribution in [0, 0.1) is 11.8 Å². The highest BCUT2D eigenvalue weighted by molar-refractivity contribution is 5.92. The number of carbonyl (C=O) groups is 1. The normalized spacial score (nSPS) is 12.5. The summed E-state index contributed by atoms with van der Waals surface area (Å²) in [5.74, 6) is 0.0775. The molecule has 82 valence electrons. The van der Waals surface area contributed by atoms with E-state index in [1.807, 2.05) is 13.8 Å². The third-order valence-corrected chi connectivity index (χ3v) is 2.34. The van der Waals surface area contributed by atoms with E-state index in [0.29, 0.717) is 6.54 Å². The van der Waals surface area contributed by atoms with Crippen molar-refractivity contribution in [2.45, 2.75) is 13.8 Å². The van der Waals surface area contributed by atoms with Crippen LogP contribution in [-0.4, -0.2) is 17.4 Å². The zero-order valence-corrected chi connectivity index (χ0v) is 9.10. The maximum absolute atomic E-state index is 11.8. The topological polar surface area (TPSA) is 68.0 Å². The van der Waals surface area contributed by atoms with Gasteiger partial charge in [0, 0.05) is 24.6 Å². The molecule has 1 unspecified atom stereocenters. The molecule has 0 radical (unpaired) electrons. The Morgan fingerprint density at radius 1 is 1.47 bits per heavy atom. The quantitative estimate of drug-likeness (QED) is 0.780. The molecule has 0 aliphatic rings. The van der Waals surface area contributed by atoms with E-state index < -0.39 is 0 Å². The van der Waals surface area contributed by atoms with E-state index in [2.05, 4.69) is 10.3 Å². The molecule has 0 aromatic carbocycles. The number of pyridine rings is 1. The Labute approximate surface area is 89.9 Å². The Kier molecular flexibility index (Phi) is 4.24. The Hall–Kier alpha value is -1.42. The van der Waals surface area contributed by atoms with Gasteiger partial charge in [0.2, 0.25) is 5.91 Å². The molecule has 0 aliphatic carbocycles. The van der Waals surface area contributed by atoms with Crippen LogP contribution in [0.2, 0.25) is 0 Å². The lowest BCUT2D eigenvalue weighted by atomic mass is 9.95. The van der Waals surface area contributed by atoms with Crippen molar-refractivity contribution in [3.8, 4) is 0 Å². The summed E-state index contributed by atoms with van der Waals surface area (Å²) in [6.45, 7) is 4.35. The molecule has 4 heteroatoms. The summed E-state index contributed by atoms with van der Waals surface area (Å²) < 4.78 is 0. The van der Waals surface area contributed by atoms with Crippen molar-refractivity contribution in [2.24, 2.45) is 17.6 Å². The Bertz CT molecular complexity index is 311. The van der Waals surface area contributed by atoms with Crippen LogP contribution in [0.3, 0.4) is 0 Å². The predicted octanol–water partition coefficient (Wildman–Crippen LogP) is 1.25. The minimum absolute atomic E-state index is 0.0290. The first-order valence-corrected chi connectivity index (χ1v) is 5.06. The van der Waals surface area contributed by atoms with Gasteiger partial charge < -0.3 is 11.1 Å². The number of amides is 1. The molecule has 15 heavy (non-hydrogen) atoms. The van der Waals surface area contributed by atoms with Gasteiger partial charge in [0.25, 0.3) is 0 Å². The molecule has 3 N–H and O–H groups in total. The number of anilines is 1. The maximum atomic E-state index is 11.8. The van der Waals surface area contributed by atoms with Gasteiger partial charge in [-0.25, -0.2) is 0 Å². The van der Waals surface area contributed by atoms with Crippen LogP contribution >= 0.6 is 0 Å². The molecule has 0 spiro atoms. The van der Waals surface area contributed by atoms with Gasteiger partial charge in [-0.2, -0.15) is 0 Å². The first-order valence-electron chi connectivity index (χ1n) is 5.06. The molecule has 1 aromatic rings. The predicted molar refractivity (Wildman–Crippen MR) is 60.2 cm³/mol. The summed E-state index contributed by atoms with van der Waals surface area (Å²) in [6.07, 6.45) is 3.28. The highest BCUT2D eigenvalue weighted by Crippen LogP contribution is 2.12. The highest BCUT2D eigenvalue weighted by Gasteiger charge is 2.20. The van der Waals surface area contributed by atoms with Crippen molar-refractivity contribution in [1.29, 1.82) is 0 Å². The summed E-state index contributed by atoms with van der Waals surface area (Å²) in [4.78, 5) is 15.7. The van der Waals surface area contributed by atoms with Gasteiger partial charge in [0.05, 0.1) is 5.92 Å². The van der Waals surface area contributed by atoms with Crippen molar-refractivity contribution in [2.75, 3.05) is 11.9 Å². The van der Waals surface area contributed by atoms with Crippen molar-refractivity contribution >= 4 is 11.6 Å². The molecule has 0 saturated carbocycles. The monoisotopic (exact) mass is 207 g/mol. The van der Waals surface area contributed by atoms with E-state index in [1.165, 1.54) is 0 Å². The summed E-state index contributed by atoms with van der Waals surface area (Å²) in [5, 5.41) is 2.82. The smallest absolute Gasteiger partial charge is 0.229 e. The fourth-order valence-electron chi connectivity index (χ4n) is 1.35. The number of rotatable bonds is 4. The average Bonchev–Trinajstić information content (AvgIpc) is 2.19. The number of nitrogens with one attached hydrogen (secondary N) is 1. The fraction of sp³-hybridized carbons (Fsp3) is 0.455. The molecular weight excluding hydrogens is 190 g/mol. The first-order chi connectivity index (χ1) is 7.15. The molecule has 1 aromatic heterocycles. The molecular formula is C11H17N3O. The van der Waals surface area contributed by atoms with Crippen LogP contribution in [0.1, 0.15) is 13.8 Å². The van der Waals surface area contributed by atoms with Gasteiger partial charge in [0.1, 0.15) is 0 Å². The van der Waals surface area contributed by atoms with E-state index in [-0.39, 0.29) is 17.7 Å². The van der Waals surface area contributed by atoms with Crippen molar-refractivity contribution < 1.29 is 4.79 Å². The summed E-state index contributed by atoms with van der Waals surface area (Å²) in [7, 11) is 0. The van der Waals surface area contributed by atoms with Gasteiger partial charge >= 0.3 is 0 Å². The SMILES string of the molecule is CC(C)C(CN)C(=O)Nc1ccncc1. The standard InChI is InChI=1S/C11H17N3O/c1-8(2)10(7-12)11(15)14-9-3-5-13-6-4-9/h3-6,8,10H,7,12H2,1-2H3,(H,13,14,15). The fourth-order valence-corrected chi connectivity index (χ4v) is 1.35. The second-order valence-electron chi connectivity index (χ2n) is 3.81. The molecule has 1 amide bonds. The second-order valence-corrected chi connectivity index (χ2v) is 3.81. The van der Waals surface area contributed by atoms with Crippen LogP contribution in [0.4, 0.5) is 5.69 Å². The zero-order chi connectivity index (χ0) is 11.3. The van der Waals surface area contributed by atoms with Crippen LogP contribution in [0.15, 0.2) is 24.5 Å². The Morgan fingerprint density at radius 3 is 2.53 bits per heavy atom. The van der Waals surface area contributed by atoms with Gasteiger partial charge in [0.15, 0.2) is 0 Å². The van der Waals surface area contributed by atoms with E-state index in [9.17, 15) is 4.79 Å². The van der Waals surface area contributed by atoms with Gasteiger partial charge in [-0.15, -0.1) is 0 Å². The van der Waals surface area contributed by atoms with Crippen LogP contribution in [0.5, 0.6) is 0 Å². The lowest BCUT2D eigenvalue weighted by Gasteiger charge is -2.17. The molecule has 4 nitrogen and oxygen atoms in total. The molecule has 0 fully saturated rings. The molecule has 0 aliphatic heterocycles. The lowest BCUT2D eigenvalue weighted by Crippen LogP contribution is -2.33. The maximum Gasteiger partial charge on any atom is 0.229 e. The minimum Gasteiger partial charge on any atom is -0.330 e. The summed E-state index contributed by atoms with van der Waals surface area (Å²) >= 11 is 0. The second kappa shape index (κ2) is 5.46. The van der Waals surface area contributed by atoms with E-state index in [0.717, 1.165) is 5.69 Å². The first kappa shape index (κ1) is 11.7. The molecule has 1 rings (SSSR count). The molecule has 0 bridgehead atoms. The highest BCUT2D eigenvalue weighted by atomic mass is 16.1. The van der Waals surface area contributed by atoms with Crippen LogP contribution in [0.25, 0.3) is 0 Å². The van der Waals surface area contributed by atoms with Crippen molar-refractivity contribution in [3.05, 3.63) is 24.5 Å². The summed E-state index contributed by atoms with van der Waals surface area (Å²) in [5.41, 5.74) is 6.31. The van der Waals surface area contributed by atoms with Gasteiger partial charge in [-0.05, 0) is 18.1 Å². The average molecular weight is 207 g/mol. The zero-order valence-electron chi connectivity index (χ0n) is 9.10. The van der Waals surface area contributed by atoms with E-state index >= 15 is 0 Å². The lowest BCUT2D eigenvalue weighted by molar-refractivity contribution is -0.120. The number of carbonyl (C=O) groups excluding carboxylic acids is 1. The minimum atomic E-state index is -0.141. The summed E-state index contributed by atoms with van der Waals surface area (Å²) in [6, 6.07) is 3.51. The van der Waals surface area contributed by atoms with Crippen LogP contribution in [-0.2, 0) is 4.79 Å². The Balaban J connectivity index is 2.62. The molecule has 0 saturated heterocycles. The van der Waals surface area contributed by atoms with Crippen LogP contribution < -0.4 is 11.1 Å². The van der Waals surface area contributed by atoms with Gasteiger partial charge in [-0.3, -0.25) is 9.78 Å². The van der Waals surface area contributed by atoms with Gasteiger partial charge in [-0.1, -0.05) is 13.8 Å². The van der Waals surface area contributed by atoms with Crippen molar-refractivity contribution in [1.82, 2.24) is 4.98 Å². The number of nitrogens with zero attached hydrogens (tertiary/aromatic N) is 1.